The van der Waals surface area contributed by atoms with E-state index in [4.69, 9.17) is 5.26 Å². The Morgan fingerprint density at radius 1 is 1.45 bits per heavy atom. The third kappa shape index (κ3) is 3.70. The number of hydrogen-bond donors (Lipinski definition) is 2. The summed E-state index contributed by atoms with van der Waals surface area (Å²) in [7, 11) is 0. The molecule has 0 radical (unpaired) electrons. The number of nitrogens with zero attached hydrogens (tertiary/aromatic N) is 2. The van der Waals surface area contributed by atoms with E-state index >= 15 is 0 Å². The lowest BCUT2D eigenvalue weighted by atomic mass is 10.3. The molecule has 0 saturated heterocycles. The van der Waals surface area contributed by atoms with Crippen LogP contribution in [-0.2, 0) is 4.79 Å². The van der Waals surface area contributed by atoms with Crippen LogP contribution in [0.2, 0.25) is 0 Å². The van der Waals surface area contributed by atoms with Gasteiger partial charge < -0.3 is 10.3 Å². The predicted molar refractivity (Wildman–Crippen MR) is 75.4 cm³/mol. The number of nitrogens with one attached hydrogen (secondary N) is 2. The van der Waals surface area contributed by atoms with Gasteiger partial charge in [-0.2, -0.15) is 5.26 Å². The predicted octanol–water partition coefficient (Wildman–Crippen LogP) is 1.37. The van der Waals surface area contributed by atoms with Crippen molar-refractivity contribution in [1.29, 1.82) is 5.26 Å². The third-order valence-corrected chi connectivity index (χ3v) is 3.31. The number of anilines is 1. The normalized spacial score (nSPS) is 9.75. The molecule has 0 aliphatic rings. The van der Waals surface area contributed by atoms with E-state index in [0.29, 0.717) is 16.3 Å². The molecule has 2 N–H and O–H groups in total. The topological polar surface area (TPSA) is 98.6 Å². The largest absolute Gasteiger partial charge is 0.324 e. The highest BCUT2D eigenvalue weighted by Crippen LogP contribution is 2.18. The molecule has 7 heteroatoms. The minimum Gasteiger partial charge on any atom is -0.324 e. The lowest BCUT2D eigenvalue weighted by Crippen LogP contribution is -2.15. The molecule has 2 aromatic rings. The summed E-state index contributed by atoms with van der Waals surface area (Å²) >= 11 is 1.10. The fourth-order valence-electron chi connectivity index (χ4n) is 1.43. The second-order valence-corrected chi connectivity index (χ2v) is 4.74. The first-order chi connectivity index (χ1) is 9.69. The number of thioether (sulfide) groups is 1. The van der Waals surface area contributed by atoms with Gasteiger partial charge in [-0.05, 0) is 18.2 Å². The zero-order valence-electron chi connectivity index (χ0n) is 10.3. The van der Waals surface area contributed by atoms with E-state index in [1.165, 1.54) is 18.3 Å². The Balaban J connectivity index is 1.99. The Morgan fingerprint density at radius 3 is 3.00 bits per heavy atom. The van der Waals surface area contributed by atoms with Crippen molar-refractivity contribution in [3.63, 3.8) is 0 Å². The van der Waals surface area contributed by atoms with Crippen molar-refractivity contribution in [2.45, 2.75) is 5.03 Å². The van der Waals surface area contributed by atoms with E-state index in [0.717, 1.165) is 11.8 Å². The SMILES string of the molecule is N#Cc1ccc(=O)[nH]c1SCC(=O)Nc1cccnc1. The van der Waals surface area contributed by atoms with Crippen LogP contribution in [0.25, 0.3) is 0 Å². The zero-order valence-corrected chi connectivity index (χ0v) is 11.1. The molecule has 0 atom stereocenters. The molecular formula is C13H10N4O2S. The van der Waals surface area contributed by atoms with Gasteiger partial charge in [0.1, 0.15) is 6.07 Å². The minimum atomic E-state index is -0.306. The van der Waals surface area contributed by atoms with Gasteiger partial charge in [-0.1, -0.05) is 11.8 Å². The van der Waals surface area contributed by atoms with Crippen molar-refractivity contribution in [3.05, 3.63) is 52.6 Å². The number of rotatable bonds is 4. The summed E-state index contributed by atoms with van der Waals surface area (Å²) in [5, 5.41) is 12.0. The molecule has 2 rings (SSSR count). The second kappa shape index (κ2) is 6.54. The number of carbonyl (C=O) groups is 1. The molecule has 100 valence electrons. The van der Waals surface area contributed by atoms with Crippen molar-refractivity contribution in [2.75, 3.05) is 11.1 Å². The molecule has 0 spiro atoms. The first-order valence-electron chi connectivity index (χ1n) is 5.65. The van der Waals surface area contributed by atoms with Gasteiger partial charge >= 0.3 is 0 Å². The number of aromatic nitrogens is 2. The van der Waals surface area contributed by atoms with Crippen molar-refractivity contribution in [2.24, 2.45) is 0 Å². The van der Waals surface area contributed by atoms with Crippen LogP contribution in [0, 0.1) is 11.3 Å². The van der Waals surface area contributed by atoms with Crippen molar-refractivity contribution in [3.8, 4) is 6.07 Å². The molecule has 0 aliphatic heterocycles. The molecule has 0 unspecified atom stereocenters. The first kappa shape index (κ1) is 13.8. The summed E-state index contributed by atoms with van der Waals surface area (Å²) in [5.41, 5.74) is 0.628. The van der Waals surface area contributed by atoms with E-state index < -0.39 is 0 Å². The fraction of sp³-hybridized carbons (Fsp3) is 0.0769. The molecule has 0 fully saturated rings. The molecule has 2 aromatic heterocycles. The lowest BCUT2D eigenvalue weighted by Gasteiger charge is -2.05. The molecule has 0 bridgehead atoms. The highest BCUT2D eigenvalue weighted by molar-refractivity contribution is 8.00. The summed E-state index contributed by atoms with van der Waals surface area (Å²) in [6.45, 7) is 0. The minimum absolute atomic E-state index is 0.0868. The first-order valence-corrected chi connectivity index (χ1v) is 6.63. The lowest BCUT2D eigenvalue weighted by molar-refractivity contribution is -0.113. The molecule has 1 amide bonds. The quantitative estimate of drug-likeness (QED) is 0.827. The number of aromatic amines is 1. The molecule has 6 nitrogen and oxygen atoms in total. The molecule has 0 aliphatic carbocycles. The summed E-state index contributed by atoms with van der Waals surface area (Å²) < 4.78 is 0. The highest BCUT2D eigenvalue weighted by atomic mass is 32.2. The number of nitriles is 1. The van der Waals surface area contributed by atoms with E-state index in [-0.39, 0.29) is 17.2 Å². The van der Waals surface area contributed by atoms with Gasteiger partial charge in [-0.25, -0.2) is 0 Å². The Kier molecular flexibility index (Phi) is 4.52. The number of hydrogen-bond acceptors (Lipinski definition) is 5. The molecule has 2 heterocycles. The molecule has 0 aromatic carbocycles. The highest BCUT2D eigenvalue weighted by Gasteiger charge is 2.08. The number of H-pyrrole nitrogens is 1. The Hall–Kier alpha value is -2.59. The van der Waals surface area contributed by atoms with Gasteiger partial charge in [0.05, 0.1) is 28.2 Å². The van der Waals surface area contributed by atoms with Crippen molar-refractivity contribution >= 4 is 23.4 Å². The van der Waals surface area contributed by atoms with Crippen LogP contribution < -0.4 is 10.9 Å². The number of carbonyl (C=O) groups excluding carboxylic acids is 1. The monoisotopic (exact) mass is 286 g/mol. The Morgan fingerprint density at radius 2 is 2.30 bits per heavy atom. The van der Waals surface area contributed by atoms with Crippen LogP contribution >= 0.6 is 11.8 Å². The van der Waals surface area contributed by atoms with Crippen LogP contribution in [0.15, 0.2) is 46.5 Å². The van der Waals surface area contributed by atoms with Gasteiger partial charge in [-0.3, -0.25) is 14.6 Å². The van der Waals surface area contributed by atoms with Crippen molar-refractivity contribution < 1.29 is 4.79 Å². The number of amides is 1. The third-order valence-electron chi connectivity index (χ3n) is 2.30. The van der Waals surface area contributed by atoms with Gasteiger partial charge in [0, 0.05) is 12.3 Å². The van der Waals surface area contributed by atoms with Crippen LogP contribution in [0.1, 0.15) is 5.56 Å². The maximum absolute atomic E-state index is 11.7. The smallest absolute Gasteiger partial charge is 0.248 e. The van der Waals surface area contributed by atoms with E-state index in [9.17, 15) is 9.59 Å². The van der Waals surface area contributed by atoms with Crippen LogP contribution in [-0.4, -0.2) is 21.6 Å². The molecular weight excluding hydrogens is 276 g/mol. The van der Waals surface area contributed by atoms with Crippen LogP contribution in [0.3, 0.4) is 0 Å². The zero-order chi connectivity index (χ0) is 14.4. The summed E-state index contributed by atoms with van der Waals surface area (Å²) in [6.07, 6.45) is 3.14. The molecule has 20 heavy (non-hydrogen) atoms. The standard InChI is InChI=1S/C13H10N4O2S/c14-6-9-3-4-11(18)17-13(9)20-8-12(19)16-10-2-1-5-15-7-10/h1-5,7H,8H2,(H,16,19)(H,17,18). The van der Waals surface area contributed by atoms with Crippen LogP contribution in [0.4, 0.5) is 5.69 Å². The summed E-state index contributed by atoms with van der Waals surface area (Å²) in [4.78, 5) is 29.4. The second-order valence-electron chi connectivity index (χ2n) is 3.76. The van der Waals surface area contributed by atoms with Gasteiger partial charge in [0.15, 0.2) is 0 Å². The van der Waals surface area contributed by atoms with Gasteiger partial charge in [-0.15, -0.1) is 0 Å². The average molecular weight is 286 g/mol. The van der Waals surface area contributed by atoms with E-state index in [2.05, 4.69) is 15.3 Å². The average Bonchev–Trinajstić information content (AvgIpc) is 2.46. The number of pyridine rings is 2. The Bertz CT molecular complexity index is 706. The fourth-order valence-corrected chi connectivity index (χ4v) is 2.22. The summed E-state index contributed by atoms with van der Waals surface area (Å²) in [5.74, 6) is -0.152. The summed E-state index contributed by atoms with van der Waals surface area (Å²) in [6, 6.07) is 8.11. The van der Waals surface area contributed by atoms with Crippen LogP contribution in [0.5, 0.6) is 0 Å². The van der Waals surface area contributed by atoms with Gasteiger partial charge in [0.2, 0.25) is 11.5 Å². The van der Waals surface area contributed by atoms with Gasteiger partial charge in [0.25, 0.3) is 0 Å². The molecule has 0 saturated carbocycles. The maximum atomic E-state index is 11.7. The maximum Gasteiger partial charge on any atom is 0.248 e. The van der Waals surface area contributed by atoms with E-state index in [1.54, 1.807) is 18.3 Å². The van der Waals surface area contributed by atoms with Crippen molar-refractivity contribution in [1.82, 2.24) is 9.97 Å². The van der Waals surface area contributed by atoms with E-state index in [1.807, 2.05) is 6.07 Å². The Labute approximate surface area is 118 Å².